The highest BCUT2D eigenvalue weighted by Gasteiger charge is 2.72. The lowest BCUT2D eigenvalue weighted by atomic mass is 9.73. The minimum atomic E-state index is -5.84. The van der Waals surface area contributed by atoms with E-state index in [-0.39, 0.29) is 34.0 Å². The number of carboxylic acids is 2. The van der Waals surface area contributed by atoms with Gasteiger partial charge < -0.3 is 25.6 Å². The summed E-state index contributed by atoms with van der Waals surface area (Å²) in [5.74, 6) is -4.83. The quantitative estimate of drug-likeness (QED) is 0.0987. The van der Waals surface area contributed by atoms with Crippen LogP contribution in [0.15, 0.2) is 84.9 Å². The number of ether oxygens (including phenoxy) is 1. The number of rotatable bonds is 10. The van der Waals surface area contributed by atoms with Gasteiger partial charge in [-0.25, -0.2) is 9.59 Å². The Bertz CT molecular complexity index is 1870. The van der Waals surface area contributed by atoms with Crippen molar-refractivity contribution in [2.45, 2.75) is 24.7 Å². The molecule has 0 unspecified atom stereocenters. The van der Waals surface area contributed by atoms with E-state index >= 15 is 0 Å². The molecule has 0 radical (unpaired) electrons. The number of hydrogen-bond donors (Lipinski definition) is 4. The molecule has 48 heavy (non-hydrogen) atoms. The van der Waals surface area contributed by atoms with E-state index in [1.54, 1.807) is 0 Å². The highest BCUT2D eigenvalue weighted by Crippen LogP contribution is 2.56. The van der Waals surface area contributed by atoms with E-state index < -0.39 is 63.7 Å². The summed E-state index contributed by atoms with van der Waals surface area (Å²) in [6, 6.07) is 13.0. The maximum Gasteiger partial charge on any atom is 0.411 e. The van der Waals surface area contributed by atoms with Crippen LogP contribution in [0.1, 0.15) is 59.5 Å². The number of ketones is 1. The predicted molar refractivity (Wildman–Crippen MR) is 160 cm³/mol. The van der Waals surface area contributed by atoms with Crippen LogP contribution in [0.25, 0.3) is 0 Å². The van der Waals surface area contributed by atoms with Gasteiger partial charge in [0.1, 0.15) is 11.5 Å². The summed E-state index contributed by atoms with van der Waals surface area (Å²) in [5, 5.41) is 23.9. The van der Waals surface area contributed by atoms with Gasteiger partial charge in [-0.15, -0.1) is 0 Å². The second-order valence-electron chi connectivity index (χ2n) is 10.3. The van der Waals surface area contributed by atoms with Crippen LogP contribution in [0.3, 0.4) is 0 Å². The van der Waals surface area contributed by atoms with Gasteiger partial charge in [-0.05, 0) is 78.7 Å². The minimum Gasteiger partial charge on any atom is -0.478 e. The molecule has 0 spiro atoms. The van der Waals surface area contributed by atoms with E-state index in [2.05, 4.69) is 10.6 Å². The molecule has 0 heterocycles. The van der Waals surface area contributed by atoms with Crippen molar-refractivity contribution in [3.63, 3.8) is 0 Å². The molecule has 0 aliphatic carbocycles. The average Bonchev–Trinajstić information content (AvgIpc) is 3.00. The second-order valence-corrected chi connectivity index (χ2v) is 10.3. The summed E-state index contributed by atoms with van der Waals surface area (Å²) in [6.07, 6.45) is -11.7. The van der Waals surface area contributed by atoms with E-state index in [0.29, 0.717) is 24.3 Å². The molecule has 0 saturated carbocycles. The van der Waals surface area contributed by atoms with E-state index in [0.717, 1.165) is 55.5 Å². The molecule has 1 amide bonds. The summed E-state index contributed by atoms with van der Waals surface area (Å²) in [5.41, 5.74) is -8.21. The van der Waals surface area contributed by atoms with Crippen molar-refractivity contribution >= 4 is 35.0 Å². The summed E-state index contributed by atoms with van der Waals surface area (Å²) >= 11 is 0. The third-order valence-corrected chi connectivity index (χ3v) is 7.34. The Kier molecular flexibility index (Phi) is 9.55. The first-order valence-corrected chi connectivity index (χ1v) is 13.7. The Morgan fingerprint density at radius 3 is 1.46 bits per heavy atom. The van der Waals surface area contributed by atoms with Crippen LogP contribution in [0.4, 0.5) is 37.7 Å². The van der Waals surface area contributed by atoms with Crippen molar-refractivity contribution in [3.8, 4) is 11.5 Å². The monoisotopic (exact) mass is 674 g/mol. The zero-order valence-electron chi connectivity index (χ0n) is 24.8. The number of Topliss-reactive ketones (excluding diaryl/α,β-unsaturated/α-hetero) is 1. The number of alkyl halides is 6. The van der Waals surface area contributed by atoms with Crippen LogP contribution in [-0.4, -0.2) is 53.2 Å². The fourth-order valence-electron chi connectivity index (χ4n) is 5.04. The standard InChI is InChI=1S/C33H24F6N2O7/c1-17(42)24-13-11-23(16-27(24)30(46)47)48-22-12-14-25(29(44)45)26(15-22)28(43)41-21-9-5-19(6-10-21)31(32(34,35)36,33(37,38)39)18-3-7-20(40-2)8-4-18/h3-16,40H,1-2H3,(H,41,43)(H,44,45)(H,46,47). The van der Waals surface area contributed by atoms with Gasteiger partial charge in [-0.2, -0.15) is 26.3 Å². The molecule has 0 bridgehead atoms. The Morgan fingerprint density at radius 2 is 1.04 bits per heavy atom. The van der Waals surface area contributed by atoms with Crippen LogP contribution in [0.2, 0.25) is 0 Å². The van der Waals surface area contributed by atoms with Gasteiger partial charge in [0.2, 0.25) is 5.41 Å². The van der Waals surface area contributed by atoms with Crippen LogP contribution < -0.4 is 15.4 Å². The summed E-state index contributed by atoms with van der Waals surface area (Å²) < 4.78 is 92.4. The van der Waals surface area contributed by atoms with Crippen molar-refractivity contribution in [3.05, 3.63) is 118 Å². The zero-order chi connectivity index (χ0) is 35.6. The van der Waals surface area contributed by atoms with E-state index in [1.165, 1.54) is 19.2 Å². The highest BCUT2D eigenvalue weighted by atomic mass is 19.4. The van der Waals surface area contributed by atoms with Crippen molar-refractivity contribution in [2.75, 3.05) is 17.7 Å². The zero-order valence-corrected chi connectivity index (χ0v) is 24.8. The van der Waals surface area contributed by atoms with Crippen molar-refractivity contribution in [2.24, 2.45) is 0 Å². The summed E-state index contributed by atoms with van der Waals surface area (Å²) in [6.45, 7) is 1.16. The molecule has 15 heteroatoms. The van der Waals surface area contributed by atoms with Gasteiger partial charge >= 0.3 is 24.3 Å². The highest BCUT2D eigenvalue weighted by molar-refractivity contribution is 6.11. The van der Waals surface area contributed by atoms with Crippen LogP contribution >= 0.6 is 0 Å². The number of amides is 1. The molecule has 0 saturated heterocycles. The third-order valence-electron chi connectivity index (χ3n) is 7.34. The van der Waals surface area contributed by atoms with Crippen molar-refractivity contribution in [1.82, 2.24) is 0 Å². The average molecular weight is 675 g/mol. The molecule has 250 valence electrons. The molecular formula is C33H24F6N2O7. The first-order chi connectivity index (χ1) is 22.4. The van der Waals surface area contributed by atoms with Gasteiger partial charge in [0.15, 0.2) is 5.78 Å². The summed E-state index contributed by atoms with van der Waals surface area (Å²) in [4.78, 5) is 48.4. The van der Waals surface area contributed by atoms with Gasteiger partial charge in [-0.1, -0.05) is 24.3 Å². The molecular weight excluding hydrogens is 650 g/mol. The number of nitrogens with one attached hydrogen (secondary N) is 2. The number of carbonyl (C=O) groups excluding carboxylic acids is 2. The lowest BCUT2D eigenvalue weighted by Crippen LogP contribution is -2.54. The smallest absolute Gasteiger partial charge is 0.411 e. The first-order valence-electron chi connectivity index (χ1n) is 13.7. The number of anilines is 2. The van der Waals surface area contributed by atoms with Gasteiger partial charge in [0, 0.05) is 24.0 Å². The third kappa shape index (κ3) is 6.65. The molecule has 0 aromatic heterocycles. The molecule has 4 aromatic rings. The van der Waals surface area contributed by atoms with Crippen LogP contribution in [0, 0.1) is 0 Å². The molecule has 0 aliphatic heterocycles. The molecule has 0 fully saturated rings. The Balaban J connectivity index is 1.69. The number of carbonyl (C=O) groups is 4. The van der Waals surface area contributed by atoms with E-state index in [9.17, 15) is 55.7 Å². The maximum atomic E-state index is 14.5. The Morgan fingerprint density at radius 1 is 0.604 bits per heavy atom. The van der Waals surface area contributed by atoms with Crippen LogP contribution in [0.5, 0.6) is 11.5 Å². The molecule has 4 aromatic carbocycles. The Labute approximate surface area is 267 Å². The van der Waals surface area contributed by atoms with Crippen LogP contribution in [-0.2, 0) is 5.41 Å². The lowest BCUT2D eigenvalue weighted by Gasteiger charge is -2.38. The minimum absolute atomic E-state index is 0.0826. The number of aromatic carboxylic acids is 2. The van der Waals surface area contributed by atoms with Gasteiger partial charge in [-0.3, -0.25) is 9.59 Å². The number of benzene rings is 4. The topological polar surface area (TPSA) is 142 Å². The molecule has 4 N–H and O–H groups in total. The molecule has 0 aliphatic rings. The summed E-state index contributed by atoms with van der Waals surface area (Å²) in [7, 11) is 1.44. The van der Waals surface area contributed by atoms with Gasteiger partial charge in [0.05, 0.1) is 16.7 Å². The fourth-order valence-corrected chi connectivity index (χ4v) is 5.04. The molecule has 9 nitrogen and oxygen atoms in total. The SMILES string of the molecule is CNc1ccc(C(c2ccc(NC(=O)c3cc(Oc4ccc(C(C)=O)c(C(=O)O)c4)ccc3C(=O)O)cc2)(C(F)(F)F)C(F)(F)F)cc1. The van der Waals surface area contributed by atoms with E-state index in [4.69, 9.17) is 4.74 Å². The largest absolute Gasteiger partial charge is 0.478 e. The molecule has 4 rings (SSSR count). The second kappa shape index (κ2) is 13.1. The number of halogens is 6. The van der Waals surface area contributed by atoms with E-state index in [1.807, 2.05) is 0 Å². The normalized spacial score (nSPS) is 11.8. The van der Waals surface area contributed by atoms with Crippen molar-refractivity contribution in [1.29, 1.82) is 0 Å². The van der Waals surface area contributed by atoms with Gasteiger partial charge in [0.25, 0.3) is 5.91 Å². The first kappa shape index (κ1) is 35.0. The Hall–Kier alpha value is -5.86. The van der Waals surface area contributed by atoms with Crippen molar-refractivity contribution < 1.29 is 60.5 Å². The maximum absolute atomic E-state index is 14.5. The predicted octanol–water partition coefficient (Wildman–Crippen LogP) is 7.78. The fraction of sp³-hybridized carbons (Fsp3) is 0.152. The lowest BCUT2D eigenvalue weighted by molar-refractivity contribution is -0.288. The number of carboxylic acid groups (broad SMARTS) is 2. The molecule has 0 atom stereocenters. The number of hydrogen-bond acceptors (Lipinski definition) is 6.